The molecule has 2 aromatic carbocycles. The molecule has 3 rings (SSSR count). The van der Waals surface area contributed by atoms with Crippen LogP contribution in [0.15, 0.2) is 53.1 Å². The molecule has 0 spiro atoms. The van der Waals surface area contributed by atoms with E-state index in [0.717, 1.165) is 11.1 Å². The number of nitrogens with one attached hydrogen (secondary N) is 1. The molecule has 0 unspecified atom stereocenters. The normalized spacial score (nSPS) is 11.0. The van der Waals surface area contributed by atoms with E-state index in [1.54, 1.807) is 0 Å². The molecule has 0 radical (unpaired) electrons. The summed E-state index contributed by atoms with van der Waals surface area (Å²) in [6.07, 6.45) is 0.472. The van der Waals surface area contributed by atoms with Crippen LogP contribution in [0.5, 0.6) is 0 Å². The summed E-state index contributed by atoms with van der Waals surface area (Å²) in [7, 11) is 0. The lowest BCUT2D eigenvalue weighted by Gasteiger charge is -2.19. The van der Waals surface area contributed by atoms with E-state index in [-0.39, 0.29) is 23.7 Å². The van der Waals surface area contributed by atoms with Gasteiger partial charge in [-0.3, -0.25) is 4.79 Å². The highest BCUT2D eigenvalue weighted by atomic mass is 35.5. The average molecular weight is 415 g/mol. The minimum Gasteiger partial charge on any atom is -0.352 e. The van der Waals surface area contributed by atoms with Crippen LogP contribution in [-0.2, 0) is 18.4 Å². The monoisotopic (exact) mass is 414 g/mol. The zero-order valence-electron chi connectivity index (χ0n) is 16.9. The van der Waals surface area contributed by atoms with Gasteiger partial charge in [-0.2, -0.15) is 4.98 Å². The fourth-order valence-corrected chi connectivity index (χ4v) is 2.77. The molecule has 1 amide bonds. The number of nitrogens with two attached hydrogens (primary N) is 1. The van der Waals surface area contributed by atoms with Crippen molar-refractivity contribution >= 4 is 18.3 Å². The maximum atomic E-state index is 12.3. The third kappa shape index (κ3) is 5.89. The quantitative estimate of drug-likeness (QED) is 0.638. The van der Waals surface area contributed by atoms with Crippen molar-refractivity contribution in [2.45, 2.75) is 39.2 Å². The summed E-state index contributed by atoms with van der Waals surface area (Å²) >= 11 is 0. The first-order valence-corrected chi connectivity index (χ1v) is 9.37. The van der Waals surface area contributed by atoms with Gasteiger partial charge in [0.1, 0.15) is 0 Å². The first-order valence-electron chi connectivity index (χ1n) is 9.37. The lowest BCUT2D eigenvalue weighted by molar-refractivity contribution is 0.0953. The first kappa shape index (κ1) is 22.6. The van der Waals surface area contributed by atoms with Crippen LogP contribution in [0.3, 0.4) is 0 Å². The van der Waals surface area contributed by atoms with Gasteiger partial charge < -0.3 is 15.6 Å². The van der Waals surface area contributed by atoms with Gasteiger partial charge in [0.05, 0.1) is 0 Å². The lowest BCUT2D eigenvalue weighted by Crippen LogP contribution is -2.25. The number of hydrogen-bond acceptors (Lipinski definition) is 5. The number of nitrogens with zero attached hydrogens (tertiary/aromatic N) is 2. The molecule has 1 aromatic heterocycles. The van der Waals surface area contributed by atoms with Crippen molar-refractivity contribution in [2.75, 3.05) is 6.54 Å². The highest BCUT2D eigenvalue weighted by molar-refractivity contribution is 5.94. The van der Waals surface area contributed by atoms with Gasteiger partial charge in [-0.15, -0.1) is 12.4 Å². The summed E-state index contributed by atoms with van der Waals surface area (Å²) < 4.78 is 5.28. The highest BCUT2D eigenvalue weighted by Crippen LogP contribution is 2.22. The summed E-state index contributed by atoms with van der Waals surface area (Å²) in [5.41, 5.74) is 9.42. The Bertz CT molecular complexity index is 929. The van der Waals surface area contributed by atoms with Crippen molar-refractivity contribution in [1.82, 2.24) is 15.5 Å². The van der Waals surface area contributed by atoms with E-state index in [1.807, 2.05) is 48.5 Å². The summed E-state index contributed by atoms with van der Waals surface area (Å²) in [5.74, 6) is 0.904. The Labute approximate surface area is 177 Å². The molecule has 0 saturated carbocycles. The van der Waals surface area contributed by atoms with Gasteiger partial charge in [0, 0.05) is 30.6 Å². The molecule has 1 heterocycles. The number of halogens is 1. The Hall–Kier alpha value is -2.70. The van der Waals surface area contributed by atoms with E-state index in [2.05, 4.69) is 36.2 Å². The molecule has 0 aliphatic rings. The maximum Gasteiger partial charge on any atom is 0.251 e. The zero-order chi connectivity index (χ0) is 20.1. The number of hydrogen-bond donors (Lipinski definition) is 2. The van der Waals surface area contributed by atoms with Crippen molar-refractivity contribution in [3.8, 4) is 11.4 Å². The largest absolute Gasteiger partial charge is 0.352 e. The predicted octanol–water partition coefficient (Wildman–Crippen LogP) is 3.89. The van der Waals surface area contributed by atoms with Crippen LogP contribution in [0.1, 0.15) is 48.1 Å². The van der Waals surface area contributed by atoms with E-state index >= 15 is 0 Å². The predicted molar refractivity (Wildman–Crippen MR) is 116 cm³/mol. The third-order valence-corrected chi connectivity index (χ3v) is 4.55. The van der Waals surface area contributed by atoms with Crippen molar-refractivity contribution in [1.29, 1.82) is 0 Å². The number of rotatable bonds is 6. The van der Waals surface area contributed by atoms with Gasteiger partial charge in [0.2, 0.25) is 11.7 Å². The molecule has 0 aliphatic heterocycles. The van der Waals surface area contributed by atoms with Crippen LogP contribution in [-0.4, -0.2) is 22.6 Å². The van der Waals surface area contributed by atoms with Gasteiger partial charge in [0.15, 0.2) is 0 Å². The van der Waals surface area contributed by atoms with E-state index in [0.29, 0.717) is 36.8 Å². The molecular weight excluding hydrogens is 388 g/mol. The molecule has 6 nitrogen and oxygen atoms in total. The van der Waals surface area contributed by atoms with Crippen LogP contribution in [0, 0.1) is 0 Å². The van der Waals surface area contributed by atoms with Crippen LogP contribution in [0.2, 0.25) is 0 Å². The minimum atomic E-state index is -0.113. The Morgan fingerprint density at radius 1 is 1.07 bits per heavy atom. The van der Waals surface area contributed by atoms with E-state index in [9.17, 15) is 4.79 Å². The molecule has 154 valence electrons. The Morgan fingerprint density at radius 2 is 1.72 bits per heavy atom. The molecule has 3 aromatic rings. The van der Waals surface area contributed by atoms with Gasteiger partial charge >= 0.3 is 0 Å². The second kappa shape index (κ2) is 9.67. The second-order valence-electron chi connectivity index (χ2n) is 7.75. The van der Waals surface area contributed by atoms with Crippen molar-refractivity contribution in [3.05, 3.63) is 71.1 Å². The first-order chi connectivity index (χ1) is 13.4. The summed E-state index contributed by atoms with van der Waals surface area (Å²) in [6.45, 7) is 7.36. The lowest BCUT2D eigenvalue weighted by atomic mass is 9.87. The van der Waals surface area contributed by atoms with Gasteiger partial charge in [-0.1, -0.05) is 62.3 Å². The topological polar surface area (TPSA) is 94.0 Å². The van der Waals surface area contributed by atoms with Crippen molar-refractivity contribution in [2.24, 2.45) is 5.73 Å². The number of carbonyl (C=O) groups is 1. The summed E-state index contributed by atoms with van der Waals surface area (Å²) in [5, 5.41) is 6.89. The van der Waals surface area contributed by atoms with Crippen LogP contribution >= 0.6 is 12.4 Å². The molecule has 0 bridgehead atoms. The zero-order valence-corrected chi connectivity index (χ0v) is 17.8. The van der Waals surface area contributed by atoms with Gasteiger partial charge in [-0.25, -0.2) is 0 Å². The second-order valence-corrected chi connectivity index (χ2v) is 7.75. The van der Waals surface area contributed by atoms with E-state index in [4.69, 9.17) is 10.3 Å². The number of aromatic nitrogens is 2. The number of carbonyl (C=O) groups excluding carboxylic acids is 1. The summed E-state index contributed by atoms with van der Waals surface area (Å²) in [4.78, 5) is 16.7. The SMILES string of the molecule is CC(C)(C)c1ccc(C(=O)NCCc2nc(-c3ccc(CN)cc3)no2)cc1.Cl. The van der Waals surface area contributed by atoms with Gasteiger partial charge in [0.25, 0.3) is 5.91 Å². The standard InChI is InChI=1S/C22H26N4O2.ClH/c1-22(2,3)18-10-8-17(9-11-18)21(27)24-13-12-19-25-20(26-28-19)16-6-4-15(14-23)5-7-16;/h4-11H,12-14,23H2,1-3H3,(H,24,27);1H. The van der Waals surface area contributed by atoms with Crippen molar-refractivity contribution < 1.29 is 9.32 Å². The molecular formula is C22H27ClN4O2. The fourth-order valence-electron chi connectivity index (χ4n) is 2.77. The smallest absolute Gasteiger partial charge is 0.251 e. The maximum absolute atomic E-state index is 12.3. The van der Waals surface area contributed by atoms with E-state index in [1.165, 1.54) is 5.56 Å². The molecule has 3 N–H and O–H groups in total. The van der Waals surface area contributed by atoms with Crippen molar-refractivity contribution in [3.63, 3.8) is 0 Å². The Kier molecular flexibility index (Phi) is 7.53. The molecule has 7 heteroatoms. The Balaban J connectivity index is 0.00000300. The average Bonchev–Trinajstić information content (AvgIpc) is 3.16. The summed E-state index contributed by atoms with van der Waals surface area (Å²) in [6, 6.07) is 15.4. The van der Waals surface area contributed by atoms with Gasteiger partial charge in [-0.05, 0) is 28.7 Å². The Morgan fingerprint density at radius 3 is 2.31 bits per heavy atom. The molecule has 0 saturated heterocycles. The van der Waals surface area contributed by atoms with Crippen LogP contribution < -0.4 is 11.1 Å². The minimum absolute atomic E-state index is 0. The number of amides is 1. The molecule has 29 heavy (non-hydrogen) atoms. The highest BCUT2D eigenvalue weighted by Gasteiger charge is 2.14. The fraction of sp³-hybridized carbons (Fsp3) is 0.318. The molecule has 0 atom stereocenters. The van der Waals surface area contributed by atoms with Crippen LogP contribution in [0.4, 0.5) is 0 Å². The van der Waals surface area contributed by atoms with Crippen LogP contribution in [0.25, 0.3) is 11.4 Å². The molecule has 0 aliphatic carbocycles. The van der Waals surface area contributed by atoms with E-state index < -0.39 is 0 Å². The number of benzene rings is 2. The third-order valence-electron chi connectivity index (χ3n) is 4.55. The molecule has 0 fully saturated rings.